The molecule has 0 aromatic carbocycles. The van der Waals surface area contributed by atoms with Crippen molar-refractivity contribution in [3.8, 4) is 0 Å². The van der Waals surface area contributed by atoms with Crippen molar-refractivity contribution in [1.29, 1.82) is 0 Å². The molecule has 7 aliphatic heterocycles. The van der Waals surface area contributed by atoms with Crippen LogP contribution in [0.3, 0.4) is 0 Å². The van der Waals surface area contributed by atoms with Gasteiger partial charge in [-0.05, 0) is 90.9 Å². The van der Waals surface area contributed by atoms with Crippen LogP contribution in [0.15, 0.2) is 12.5 Å². The molecule has 9 nitrogen and oxygen atoms in total. The molecule has 9 heteroatoms. The number of piperidine rings is 1. The summed E-state index contributed by atoms with van der Waals surface area (Å²) in [5.74, 6) is 0.616. The third-order valence-corrected chi connectivity index (χ3v) is 10.4. The minimum Gasteiger partial charge on any atom is -0.471 e. The fourth-order valence-corrected chi connectivity index (χ4v) is 8.10. The quantitative estimate of drug-likeness (QED) is 0.325. The number of nitrogens with zero attached hydrogens (tertiary/aromatic N) is 2. The predicted octanol–water partition coefficient (Wildman–Crippen LogP) is 4.01. The van der Waals surface area contributed by atoms with Crippen molar-refractivity contribution in [1.82, 2.24) is 31.1 Å². The molecule has 8 fully saturated rings. The van der Waals surface area contributed by atoms with Crippen molar-refractivity contribution < 1.29 is 14.2 Å². The molecule has 8 aliphatic rings. The summed E-state index contributed by atoms with van der Waals surface area (Å²) in [5, 5.41) is 13.3. The molecule has 1 unspecified atom stereocenters. The fraction of sp³-hybridized carbons (Fsp3) is 0.941. The highest BCUT2D eigenvalue weighted by atomic mass is 16.7. The van der Waals surface area contributed by atoms with E-state index in [4.69, 9.17) is 14.2 Å². The SMILES string of the molecule is C.C.C.C1CCC2(CC1)OCCO2.C=C1NCC2(CCNCC2)O1.CN1CC2(CCNC2)C1.CN1CCC2(CCNC2)C1. The second-order valence-corrected chi connectivity index (χ2v) is 14.0. The molecule has 0 aromatic rings. The molecule has 1 atom stereocenters. The Bertz CT molecular complexity index is 770. The van der Waals surface area contributed by atoms with Gasteiger partial charge in [0.2, 0.25) is 0 Å². The molecule has 0 bridgehead atoms. The van der Waals surface area contributed by atoms with Crippen LogP contribution in [0.2, 0.25) is 0 Å². The maximum absolute atomic E-state index is 5.64. The zero-order chi connectivity index (χ0) is 27.9. The van der Waals surface area contributed by atoms with Gasteiger partial charge in [-0.25, -0.2) is 0 Å². The molecule has 4 N–H and O–H groups in total. The molecular weight excluding hydrogens is 540 g/mol. The van der Waals surface area contributed by atoms with Crippen molar-refractivity contribution in [3.05, 3.63) is 12.5 Å². The van der Waals surface area contributed by atoms with E-state index in [-0.39, 0.29) is 33.7 Å². The molecule has 7 saturated heterocycles. The van der Waals surface area contributed by atoms with E-state index in [1.165, 1.54) is 90.9 Å². The molecule has 1 saturated carbocycles. The first-order valence-electron chi connectivity index (χ1n) is 16.2. The van der Waals surface area contributed by atoms with E-state index in [0.717, 1.165) is 64.4 Å². The van der Waals surface area contributed by atoms with Gasteiger partial charge in [-0.15, -0.1) is 0 Å². The van der Waals surface area contributed by atoms with Crippen LogP contribution in [0.25, 0.3) is 0 Å². The van der Waals surface area contributed by atoms with Crippen LogP contribution in [0, 0.1) is 10.8 Å². The smallest absolute Gasteiger partial charge is 0.180 e. The summed E-state index contributed by atoms with van der Waals surface area (Å²) in [6.45, 7) is 18.7. The number of likely N-dealkylation sites (tertiary alicyclic amines) is 2. The van der Waals surface area contributed by atoms with E-state index in [1.807, 2.05) is 0 Å². The van der Waals surface area contributed by atoms with E-state index in [2.05, 4.69) is 51.7 Å². The van der Waals surface area contributed by atoms with Gasteiger partial charge in [-0.2, -0.15) is 0 Å². The highest BCUT2D eigenvalue weighted by molar-refractivity contribution is 5.01. The number of hydrogen-bond acceptors (Lipinski definition) is 9. The largest absolute Gasteiger partial charge is 0.471 e. The van der Waals surface area contributed by atoms with Gasteiger partial charge in [0, 0.05) is 63.8 Å². The molecule has 7 heterocycles. The van der Waals surface area contributed by atoms with Crippen molar-refractivity contribution in [2.24, 2.45) is 10.8 Å². The lowest BCUT2D eigenvalue weighted by atomic mass is 9.80. The van der Waals surface area contributed by atoms with Crippen LogP contribution in [0.4, 0.5) is 0 Å². The first-order valence-corrected chi connectivity index (χ1v) is 16.2. The lowest BCUT2D eigenvalue weighted by Crippen LogP contribution is -2.55. The monoisotopic (exact) mass is 611 g/mol. The van der Waals surface area contributed by atoms with E-state index in [9.17, 15) is 0 Å². The average Bonchev–Trinajstić information content (AvgIpc) is 3.78. The van der Waals surface area contributed by atoms with E-state index >= 15 is 0 Å². The summed E-state index contributed by atoms with van der Waals surface area (Å²) in [5.41, 5.74) is 1.45. The Kier molecular flexibility index (Phi) is 15.2. The summed E-state index contributed by atoms with van der Waals surface area (Å²) < 4.78 is 16.8. The molecule has 0 aromatic heterocycles. The standard InChI is InChI=1S/C8H14N2O.C8H16N2.C8H14O2.C7H14N2.3CH4/c1-7-10-6-8(11-7)2-4-9-5-3-8;1-10-5-3-8(7-10)2-4-9-6-8;1-2-4-8(5-3-1)9-6-7-10-8;1-9-5-7(6-9)2-3-8-4-7;;;/h9-10H,1-6H2;9H,2-7H2,1H3;1-7H2;8H,2-6H2,1H3;3*1H4. The Balaban J connectivity index is 0.000000196. The van der Waals surface area contributed by atoms with Gasteiger partial charge in [0.25, 0.3) is 0 Å². The van der Waals surface area contributed by atoms with Gasteiger partial charge >= 0.3 is 0 Å². The van der Waals surface area contributed by atoms with E-state index in [1.54, 1.807) is 0 Å². The summed E-state index contributed by atoms with van der Waals surface area (Å²) >= 11 is 0. The van der Waals surface area contributed by atoms with Crippen molar-refractivity contribution in [2.75, 3.05) is 99.3 Å². The summed E-state index contributed by atoms with van der Waals surface area (Å²) in [6.07, 6.45) is 12.6. The van der Waals surface area contributed by atoms with Crippen LogP contribution in [0.5, 0.6) is 0 Å². The Labute approximate surface area is 265 Å². The Morgan fingerprint density at radius 2 is 1.19 bits per heavy atom. The molecular formula is C34H70N6O3. The van der Waals surface area contributed by atoms with Crippen LogP contribution >= 0.6 is 0 Å². The third kappa shape index (κ3) is 10.3. The van der Waals surface area contributed by atoms with Crippen molar-refractivity contribution >= 4 is 0 Å². The molecule has 8 rings (SSSR count). The second-order valence-electron chi connectivity index (χ2n) is 14.0. The van der Waals surface area contributed by atoms with Gasteiger partial charge < -0.3 is 45.3 Å². The summed E-state index contributed by atoms with van der Waals surface area (Å²) in [6, 6.07) is 0. The fourth-order valence-electron chi connectivity index (χ4n) is 8.10. The zero-order valence-electron chi connectivity index (χ0n) is 25.6. The molecule has 43 heavy (non-hydrogen) atoms. The average molecular weight is 611 g/mol. The lowest BCUT2D eigenvalue weighted by Gasteiger charge is -2.45. The van der Waals surface area contributed by atoms with Crippen molar-refractivity contribution in [3.63, 3.8) is 0 Å². The van der Waals surface area contributed by atoms with Crippen LogP contribution < -0.4 is 21.3 Å². The van der Waals surface area contributed by atoms with Crippen LogP contribution in [-0.2, 0) is 14.2 Å². The first-order chi connectivity index (χ1) is 19.3. The summed E-state index contributed by atoms with van der Waals surface area (Å²) in [4.78, 5) is 4.85. The maximum Gasteiger partial charge on any atom is 0.180 e. The molecule has 254 valence electrons. The number of nitrogens with one attached hydrogen (secondary N) is 4. The maximum atomic E-state index is 5.64. The molecule has 1 aliphatic carbocycles. The minimum absolute atomic E-state index is 0. The normalized spacial score (nSPS) is 31.1. The second kappa shape index (κ2) is 17.1. The predicted molar refractivity (Wildman–Crippen MR) is 180 cm³/mol. The summed E-state index contributed by atoms with van der Waals surface area (Å²) in [7, 11) is 4.43. The molecule has 0 radical (unpaired) electrons. The van der Waals surface area contributed by atoms with Gasteiger partial charge in [0.15, 0.2) is 11.7 Å². The Morgan fingerprint density at radius 1 is 0.628 bits per heavy atom. The van der Waals surface area contributed by atoms with Gasteiger partial charge in [0.05, 0.1) is 19.8 Å². The van der Waals surface area contributed by atoms with Crippen molar-refractivity contribution in [2.45, 2.75) is 97.9 Å². The number of rotatable bonds is 0. The Hall–Kier alpha value is -0.940. The van der Waals surface area contributed by atoms with Gasteiger partial charge in [0.1, 0.15) is 5.60 Å². The molecule has 0 amide bonds. The highest BCUT2D eigenvalue weighted by Crippen LogP contribution is 2.36. The zero-order valence-corrected chi connectivity index (χ0v) is 25.6. The van der Waals surface area contributed by atoms with Crippen LogP contribution in [-0.4, -0.2) is 120 Å². The Morgan fingerprint density at radius 3 is 1.65 bits per heavy atom. The lowest BCUT2D eigenvalue weighted by molar-refractivity contribution is -0.176. The van der Waals surface area contributed by atoms with Gasteiger partial charge in [-0.3, -0.25) is 0 Å². The van der Waals surface area contributed by atoms with Crippen LogP contribution in [0.1, 0.15) is 86.5 Å². The van der Waals surface area contributed by atoms with E-state index in [0.29, 0.717) is 10.8 Å². The molecule has 4 spiro atoms. The highest BCUT2D eigenvalue weighted by Gasteiger charge is 2.43. The first kappa shape index (κ1) is 38.2. The topological polar surface area (TPSA) is 82.3 Å². The number of hydrogen-bond donors (Lipinski definition) is 4. The van der Waals surface area contributed by atoms with E-state index < -0.39 is 0 Å². The van der Waals surface area contributed by atoms with Gasteiger partial charge in [-0.1, -0.05) is 28.7 Å². The minimum atomic E-state index is -0.127. The number of ether oxygens (including phenoxy) is 3. The third-order valence-electron chi connectivity index (χ3n) is 10.4.